The number of non-ortho nitro benzene ring substituents is 1. The predicted molar refractivity (Wildman–Crippen MR) is 59.0 cm³/mol. The molecule has 1 aromatic rings. The van der Waals surface area contributed by atoms with Gasteiger partial charge in [0, 0.05) is 18.2 Å². The maximum absolute atomic E-state index is 10.6. The van der Waals surface area contributed by atoms with Crippen LogP contribution in [-0.2, 0) is 6.42 Å². The third-order valence-corrected chi connectivity index (χ3v) is 3.05. The molecule has 5 nitrogen and oxygen atoms in total. The van der Waals surface area contributed by atoms with Crippen molar-refractivity contribution in [3.63, 3.8) is 0 Å². The van der Waals surface area contributed by atoms with Crippen molar-refractivity contribution >= 4 is 5.69 Å². The summed E-state index contributed by atoms with van der Waals surface area (Å²) < 4.78 is 0. The summed E-state index contributed by atoms with van der Waals surface area (Å²) >= 11 is 0. The van der Waals surface area contributed by atoms with Crippen molar-refractivity contribution in [1.82, 2.24) is 0 Å². The first-order valence-corrected chi connectivity index (χ1v) is 5.30. The monoisotopic (exact) mass is 222 g/mol. The van der Waals surface area contributed by atoms with Crippen LogP contribution in [0.5, 0.6) is 0 Å². The first-order valence-electron chi connectivity index (χ1n) is 5.30. The summed E-state index contributed by atoms with van der Waals surface area (Å²) in [5, 5.41) is 20.6. The summed E-state index contributed by atoms with van der Waals surface area (Å²) in [6.45, 7) is 0. The summed E-state index contributed by atoms with van der Waals surface area (Å²) in [6, 6.07) is 4.29. The van der Waals surface area contributed by atoms with Crippen molar-refractivity contribution in [2.75, 3.05) is 0 Å². The van der Waals surface area contributed by atoms with Crippen LogP contribution in [0.4, 0.5) is 5.69 Å². The smallest absolute Gasteiger partial charge is 0.269 e. The molecule has 5 heteroatoms. The van der Waals surface area contributed by atoms with Gasteiger partial charge in [-0.15, -0.1) is 0 Å². The third kappa shape index (κ3) is 1.91. The number of nitrogens with two attached hydrogens (primary N) is 1. The fourth-order valence-electron chi connectivity index (χ4n) is 2.13. The zero-order valence-electron chi connectivity index (χ0n) is 8.80. The Morgan fingerprint density at radius 1 is 1.50 bits per heavy atom. The number of nitro groups is 1. The molecule has 86 valence electrons. The molecule has 0 spiro atoms. The number of benzene rings is 1. The molecule has 1 aliphatic carbocycles. The molecule has 16 heavy (non-hydrogen) atoms. The van der Waals surface area contributed by atoms with Gasteiger partial charge in [0.05, 0.1) is 11.0 Å². The molecule has 1 aliphatic rings. The Labute approximate surface area is 93.0 Å². The van der Waals surface area contributed by atoms with Gasteiger partial charge in [0.15, 0.2) is 0 Å². The van der Waals surface area contributed by atoms with Gasteiger partial charge in [0.25, 0.3) is 5.69 Å². The van der Waals surface area contributed by atoms with E-state index in [-0.39, 0.29) is 11.7 Å². The van der Waals surface area contributed by atoms with Crippen LogP contribution in [0.25, 0.3) is 0 Å². The highest BCUT2D eigenvalue weighted by Gasteiger charge is 2.24. The molecule has 3 N–H and O–H groups in total. The van der Waals surface area contributed by atoms with Gasteiger partial charge in [-0.3, -0.25) is 10.1 Å². The van der Waals surface area contributed by atoms with E-state index < -0.39 is 11.0 Å². The summed E-state index contributed by atoms with van der Waals surface area (Å²) in [5.74, 6) is 0. The molecule has 0 amide bonds. The highest BCUT2D eigenvalue weighted by Crippen LogP contribution is 2.30. The fourth-order valence-corrected chi connectivity index (χ4v) is 2.13. The first kappa shape index (κ1) is 11.0. The van der Waals surface area contributed by atoms with Crippen molar-refractivity contribution in [3.8, 4) is 0 Å². The van der Waals surface area contributed by atoms with Crippen LogP contribution in [0.1, 0.15) is 30.1 Å². The van der Waals surface area contributed by atoms with Crippen molar-refractivity contribution in [2.45, 2.75) is 31.4 Å². The van der Waals surface area contributed by atoms with Gasteiger partial charge < -0.3 is 10.8 Å². The van der Waals surface area contributed by atoms with Gasteiger partial charge >= 0.3 is 0 Å². The molecule has 0 unspecified atom stereocenters. The van der Waals surface area contributed by atoms with Gasteiger partial charge in [0.2, 0.25) is 0 Å². The molecular weight excluding hydrogens is 208 g/mol. The topological polar surface area (TPSA) is 89.4 Å². The molecule has 2 rings (SSSR count). The number of aryl methyl sites for hydroxylation is 1. The van der Waals surface area contributed by atoms with E-state index in [1.807, 2.05) is 0 Å². The second-order valence-corrected chi connectivity index (χ2v) is 4.14. The maximum Gasteiger partial charge on any atom is 0.269 e. The molecular formula is C11H14N2O3. The van der Waals surface area contributed by atoms with Crippen LogP contribution in [0, 0.1) is 10.1 Å². The van der Waals surface area contributed by atoms with Crippen molar-refractivity contribution in [1.29, 1.82) is 0 Å². The quantitative estimate of drug-likeness (QED) is 0.425. The zero-order chi connectivity index (χ0) is 11.7. The number of nitro benzene ring substituents is 1. The summed E-state index contributed by atoms with van der Waals surface area (Å²) in [4.78, 5) is 10.2. The van der Waals surface area contributed by atoms with Crippen LogP contribution in [0.3, 0.4) is 0 Å². The molecule has 0 aliphatic heterocycles. The summed E-state index contributed by atoms with van der Waals surface area (Å²) in [5.41, 5.74) is 7.45. The van der Waals surface area contributed by atoms with Gasteiger partial charge in [0.1, 0.15) is 0 Å². The molecule has 0 bridgehead atoms. The Kier molecular flexibility index (Phi) is 2.89. The third-order valence-electron chi connectivity index (χ3n) is 3.05. The van der Waals surface area contributed by atoms with Gasteiger partial charge in [-0.25, -0.2) is 0 Å². The van der Waals surface area contributed by atoms with Crippen LogP contribution in [0.2, 0.25) is 0 Å². The average Bonchev–Trinajstić information content (AvgIpc) is 2.40. The first-order chi connectivity index (χ1) is 7.59. The number of aliphatic hydroxyl groups excluding tert-OH is 1. The summed E-state index contributed by atoms with van der Waals surface area (Å²) in [7, 11) is 0. The second-order valence-electron chi connectivity index (χ2n) is 4.14. The minimum atomic E-state index is -0.710. The van der Waals surface area contributed by atoms with E-state index >= 15 is 0 Å². The Bertz CT molecular complexity index is 420. The summed E-state index contributed by atoms with van der Waals surface area (Å²) in [6.07, 6.45) is 1.62. The van der Waals surface area contributed by atoms with E-state index in [9.17, 15) is 15.2 Å². The molecule has 0 saturated heterocycles. The Morgan fingerprint density at radius 2 is 2.25 bits per heavy atom. The number of fused-ring (bicyclic) bond motifs is 1. The van der Waals surface area contributed by atoms with Crippen molar-refractivity contribution in [2.24, 2.45) is 5.73 Å². The fraction of sp³-hybridized carbons (Fsp3) is 0.455. The van der Waals surface area contributed by atoms with Crippen LogP contribution in [0.15, 0.2) is 18.2 Å². The number of rotatable bonds is 1. The second kappa shape index (κ2) is 4.19. The lowest BCUT2D eigenvalue weighted by atomic mass is 9.99. The molecule has 0 aromatic heterocycles. The van der Waals surface area contributed by atoms with E-state index in [0.717, 1.165) is 30.4 Å². The van der Waals surface area contributed by atoms with E-state index in [0.29, 0.717) is 0 Å². The number of hydrogen-bond donors (Lipinski definition) is 2. The molecule has 0 heterocycles. The average molecular weight is 222 g/mol. The highest BCUT2D eigenvalue weighted by molar-refractivity contribution is 5.42. The molecule has 1 aromatic carbocycles. The zero-order valence-corrected chi connectivity index (χ0v) is 8.80. The highest BCUT2D eigenvalue weighted by atomic mass is 16.6. The lowest BCUT2D eigenvalue weighted by Gasteiger charge is -2.17. The Morgan fingerprint density at radius 3 is 2.94 bits per heavy atom. The lowest BCUT2D eigenvalue weighted by Crippen LogP contribution is -2.27. The van der Waals surface area contributed by atoms with Crippen LogP contribution in [-0.4, -0.2) is 16.1 Å². The largest absolute Gasteiger partial charge is 0.387 e. The Hall–Kier alpha value is -1.46. The van der Waals surface area contributed by atoms with Crippen molar-refractivity contribution in [3.05, 3.63) is 39.4 Å². The lowest BCUT2D eigenvalue weighted by molar-refractivity contribution is -0.384. The number of hydrogen-bond acceptors (Lipinski definition) is 4. The normalized spacial score (nSPS) is 24.6. The molecule has 0 saturated carbocycles. The molecule has 0 radical (unpaired) electrons. The number of nitrogens with zero attached hydrogens (tertiary/aromatic N) is 1. The molecule has 0 fully saturated rings. The van der Waals surface area contributed by atoms with Crippen LogP contribution >= 0.6 is 0 Å². The van der Waals surface area contributed by atoms with Crippen molar-refractivity contribution < 1.29 is 10.0 Å². The van der Waals surface area contributed by atoms with Gasteiger partial charge in [-0.2, -0.15) is 0 Å². The minimum Gasteiger partial charge on any atom is -0.387 e. The standard InChI is InChI=1S/C11H14N2O3/c12-10-3-1-2-7-6-8(13(15)16)4-5-9(7)11(10)14/h4-6,10-11,14H,1-3,12H2/t10-,11+/m1/s1. The Balaban J connectivity index is 2.43. The van der Waals surface area contributed by atoms with E-state index in [1.54, 1.807) is 6.07 Å². The maximum atomic E-state index is 10.6. The van der Waals surface area contributed by atoms with E-state index in [1.165, 1.54) is 12.1 Å². The SMILES string of the molecule is N[C@@H]1CCCc2cc([N+](=O)[O-])ccc2[C@@H]1O. The van der Waals surface area contributed by atoms with E-state index in [2.05, 4.69) is 0 Å². The molecule has 2 atom stereocenters. The minimum absolute atomic E-state index is 0.0708. The van der Waals surface area contributed by atoms with Crippen LogP contribution < -0.4 is 5.73 Å². The van der Waals surface area contributed by atoms with Gasteiger partial charge in [-0.1, -0.05) is 0 Å². The van der Waals surface area contributed by atoms with E-state index in [4.69, 9.17) is 5.73 Å². The number of aliphatic hydroxyl groups is 1. The predicted octanol–water partition coefficient (Wildman–Crippen LogP) is 1.29. The van der Waals surface area contributed by atoms with Gasteiger partial charge in [-0.05, 0) is 36.5 Å².